The zero-order valence-corrected chi connectivity index (χ0v) is 18.0. The van der Waals surface area contributed by atoms with Crippen LogP contribution in [0.15, 0.2) is 30.5 Å². The van der Waals surface area contributed by atoms with Crippen LogP contribution in [0.3, 0.4) is 0 Å². The normalized spacial score (nSPS) is 24.5. The number of benzene rings is 1. The topological polar surface area (TPSA) is 87.5 Å². The van der Waals surface area contributed by atoms with E-state index in [0.717, 1.165) is 31.5 Å². The number of nitrogens with two attached hydrogens (primary N) is 1. The molecule has 1 amide bonds. The monoisotopic (exact) mass is 411 g/mol. The van der Waals surface area contributed by atoms with E-state index in [4.69, 9.17) is 10.5 Å². The van der Waals surface area contributed by atoms with Gasteiger partial charge in [-0.3, -0.25) is 9.69 Å². The number of imidazole rings is 1. The van der Waals surface area contributed by atoms with Gasteiger partial charge in [0.25, 0.3) is 5.91 Å². The summed E-state index contributed by atoms with van der Waals surface area (Å²) in [5.74, 6) is 0.926. The predicted molar refractivity (Wildman–Crippen MR) is 118 cm³/mol. The summed E-state index contributed by atoms with van der Waals surface area (Å²) in [6.07, 6.45) is 8.03. The summed E-state index contributed by atoms with van der Waals surface area (Å²) in [5.41, 5.74) is 7.13. The molecule has 162 valence electrons. The van der Waals surface area contributed by atoms with Crippen molar-refractivity contribution in [1.82, 2.24) is 14.9 Å². The van der Waals surface area contributed by atoms with E-state index in [9.17, 15) is 4.79 Å². The van der Waals surface area contributed by atoms with Crippen LogP contribution in [0.5, 0.6) is 5.75 Å². The number of nitrogens with one attached hydrogen (secondary N) is 1. The minimum Gasteiger partial charge on any atom is -0.472 e. The van der Waals surface area contributed by atoms with E-state index < -0.39 is 6.10 Å². The fourth-order valence-corrected chi connectivity index (χ4v) is 4.79. The molecule has 30 heavy (non-hydrogen) atoms. The van der Waals surface area contributed by atoms with Gasteiger partial charge < -0.3 is 20.4 Å². The molecule has 1 unspecified atom stereocenters. The second kappa shape index (κ2) is 9.08. The molecule has 0 saturated carbocycles. The highest BCUT2D eigenvalue weighted by Gasteiger charge is 2.36. The summed E-state index contributed by atoms with van der Waals surface area (Å²) in [6, 6.07) is 9.08. The number of fused-ring (bicyclic) bond motifs is 1. The number of piperidine rings is 1. The summed E-state index contributed by atoms with van der Waals surface area (Å²) >= 11 is 0. The van der Waals surface area contributed by atoms with Crippen molar-refractivity contribution in [2.45, 2.75) is 70.6 Å². The van der Waals surface area contributed by atoms with Crippen LogP contribution in [-0.2, 0) is 4.79 Å². The summed E-state index contributed by atoms with van der Waals surface area (Å²) in [4.78, 5) is 24.7. The van der Waals surface area contributed by atoms with Crippen LogP contribution in [0.2, 0.25) is 0 Å². The summed E-state index contributed by atoms with van der Waals surface area (Å²) in [6.45, 7) is 6.53. The lowest BCUT2D eigenvalue weighted by Crippen LogP contribution is -2.44. The van der Waals surface area contributed by atoms with Crippen molar-refractivity contribution in [2.75, 3.05) is 23.7 Å². The molecule has 2 aliphatic heterocycles. The molecule has 2 aliphatic rings. The lowest BCUT2D eigenvalue weighted by molar-refractivity contribution is -0.126. The zero-order chi connectivity index (χ0) is 21.1. The lowest BCUT2D eigenvalue weighted by atomic mass is 9.97. The Morgan fingerprint density at radius 3 is 2.60 bits per heavy atom. The number of para-hydroxylation sites is 2. The van der Waals surface area contributed by atoms with Gasteiger partial charge in [0.2, 0.25) is 6.10 Å². The molecule has 3 N–H and O–H groups in total. The van der Waals surface area contributed by atoms with E-state index >= 15 is 0 Å². The number of hydrogen-bond donors (Lipinski definition) is 2. The first-order chi connectivity index (χ1) is 14.5. The van der Waals surface area contributed by atoms with Gasteiger partial charge in [0.15, 0.2) is 5.95 Å². The second-order valence-electron chi connectivity index (χ2n) is 8.61. The number of H-pyrrole nitrogens is 1. The molecule has 3 heterocycles. The van der Waals surface area contributed by atoms with E-state index in [1.54, 1.807) is 6.20 Å². The van der Waals surface area contributed by atoms with E-state index in [-0.39, 0.29) is 11.9 Å². The Balaban J connectivity index is 1.37. The maximum Gasteiger partial charge on any atom is 0.274 e. The van der Waals surface area contributed by atoms with Gasteiger partial charge in [-0.2, -0.15) is 0 Å². The molecular formula is C23H33N5O2. The molecule has 1 saturated heterocycles. The number of hydrogen-bond acceptors (Lipinski definition) is 5. The maximum atomic E-state index is 13.2. The standard InChI is InChI=1S/C23H33N5O2/c1-16-9-8-10-17(2)27(16)13-6-3-7-14-28-19-11-4-5-12-20(19)30-21(22(28)29)18-15-25-23(24)26-18/h4-5,11-12,15-17,21H,3,6-10,13-14H2,1-2H3,(H3,24,25,26)/t16-,17+,21?. The Morgan fingerprint density at radius 2 is 1.87 bits per heavy atom. The van der Waals surface area contributed by atoms with E-state index in [1.807, 2.05) is 29.2 Å². The van der Waals surface area contributed by atoms with E-state index in [2.05, 4.69) is 28.7 Å². The Labute approximate surface area is 178 Å². The van der Waals surface area contributed by atoms with Gasteiger partial charge in [0.05, 0.1) is 17.6 Å². The van der Waals surface area contributed by atoms with Crippen LogP contribution in [0.4, 0.5) is 11.6 Å². The smallest absolute Gasteiger partial charge is 0.274 e. The van der Waals surface area contributed by atoms with E-state index in [1.165, 1.54) is 19.3 Å². The summed E-state index contributed by atoms with van der Waals surface area (Å²) in [5, 5.41) is 0. The molecule has 7 nitrogen and oxygen atoms in total. The number of amides is 1. The largest absolute Gasteiger partial charge is 0.472 e. The number of likely N-dealkylation sites (tertiary alicyclic amines) is 1. The van der Waals surface area contributed by atoms with Gasteiger partial charge in [-0.05, 0) is 58.2 Å². The average molecular weight is 412 g/mol. The number of ether oxygens (including phenoxy) is 1. The summed E-state index contributed by atoms with van der Waals surface area (Å²) < 4.78 is 5.98. The highest BCUT2D eigenvalue weighted by atomic mass is 16.5. The third-order valence-corrected chi connectivity index (χ3v) is 6.46. The SMILES string of the molecule is C[C@@H]1CCC[C@H](C)N1CCCCCN1C(=O)C(c2cnc(N)[nH]2)Oc2ccccc21. The molecule has 0 bridgehead atoms. The third kappa shape index (κ3) is 4.31. The molecule has 4 rings (SSSR count). The van der Waals surface area contributed by atoms with Crippen LogP contribution < -0.4 is 15.4 Å². The lowest BCUT2D eigenvalue weighted by Gasteiger charge is -2.39. The van der Waals surface area contributed by atoms with Crippen LogP contribution in [-0.4, -0.2) is 45.9 Å². The van der Waals surface area contributed by atoms with Gasteiger partial charge in [-0.15, -0.1) is 0 Å². The van der Waals surface area contributed by atoms with Crippen LogP contribution >= 0.6 is 0 Å². The number of aromatic amines is 1. The molecule has 7 heteroatoms. The van der Waals surface area contributed by atoms with Gasteiger partial charge in [-0.25, -0.2) is 4.98 Å². The average Bonchev–Trinajstić information content (AvgIpc) is 3.16. The minimum atomic E-state index is -0.736. The Kier molecular flexibility index (Phi) is 6.27. The minimum absolute atomic E-state index is 0.0735. The molecule has 2 aromatic rings. The number of carbonyl (C=O) groups is 1. The molecule has 0 aliphatic carbocycles. The number of nitrogen functional groups attached to an aromatic ring is 1. The van der Waals surface area contributed by atoms with E-state index in [0.29, 0.717) is 30.1 Å². The molecule has 1 aromatic carbocycles. The predicted octanol–water partition coefficient (Wildman–Crippen LogP) is 3.89. The van der Waals surface area contributed by atoms with Gasteiger partial charge >= 0.3 is 0 Å². The molecule has 1 fully saturated rings. The number of nitrogens with zero attached hydrogens (tertiary/aromatic N) is 3. The first kappa shape index (κ1) is 20.7. The fraction of sp³-hybridized carbons (Fsp3) is 0.565. The van der Waals surface area contributed by atoms with Crippen molar-refractivity contribution in [3.8, 4) is 5.75 Å². The number of rotatable bonds is 7. The first-order valence-corrected chi connectivity index (χ1v) is 11.2. The Bertz CT molecular complexity index is 857. The van der Waals surface area contributed by atoms with Crippen molar-refractivity contribution in [1.29, 1.82) is 0 Å². The van der Waals surface area contributed by atoms with Crippen molar-refractivity contribution < 1.29 is 9.53 Å². The Hall–Kier alpha value is -2.54. The number of aromatic nitrogens is 2. The van der Waals surface area contributed by atoms with Crippen molar-refractivity contribution in [3.05, 3.63) is 36.2 Å². The van der Waals surface area contributed by atoms with Crippen molar-refractivity contribution in [2.24, 2.45) is 0 Å². The van der Waals surface area contributed by atoms with Crippen LogP contribution in [0, 0.1) is 0 Å². The quantitative estimate of drug-likeness (QED) is 0.675. The first-order valence-electron chi connectivity index (χ1n) is 11.2. The Morgan fingerprint density at radius 1 is 1.13 bits per heavy atom. The fourth-order valence-electron chi connectivity index (χ4n) is 4.79. The summed E-state index contributed by atoms with van der Waals surface area (Å²) in [7, 11) is 0. The van der Waals surface area contributed by atoms with Gasteiger partial charge in [-0.1, -0.05) is 25.0 Å². The zero-order valence-electron chi connectivity index (χ0n) is 18.0. The number of unbranched alkanes of at least 4 members (excludes halogenated alkanes) is 2. The molecule has 1 aromatic heterocycles. The number of anilines is 2. The van der Waals surface area contributed by atoms with Gasteiger partial charge in [0.1, 0.15) is 5.75 Å². The van der Waals surface area contributed by atoms with Crippen LogP contribution in [0.1, 0.15) is 64.2 Å². The van der Waals surface area contributed by atoms with Crippen molar-refractivity contribution in [3.63, 3.8) is 0 Å². The second-order valence-corrected chi connectivity index (χ2v) is 8.61. The molecule has 0 spiro atoms. The molecule has 3 atom stereocenters. The maximum absolute atomic E-state index is 13.2. The third-order valence-electron chi connectivity index (χ3n) is 6.46. The molecule has 0 radical (unpaired) electrons. The van der Waals surface area contributed by atoms with Gasteiger partial charge in [0, 0.05) is 18.6 Å². The highest BCUT2D eigenvalue weighted by Crippen LogP contribution is 2.38. The van der Waals surface area contributed by atoms with Crippen LogP contribution in [0.25, 0.3) is 0 Å². The highest BCUT2D eigenvalue weighted by molar-refractivity contribution is 6.00. The number of carbonyl (C=O) groups excluding carboxylic acids is 1. The van der Waals surface area contributed by atoms with Crippen molar-refractivity contribution >= 4 is 17.5 Å². The molecular weight excluding hydrogens is 378 g/mol.